The average Bonchev–Trinajstić information content (AvgIpc) is 2.23. The Morgan fingerprint density at radius 1 is 1.38 bits per heavy atom. The molecule has 1 rings (SSSR count). The Morgan fingerprint density at radius 3 is 2.62 bits per heavy atom. The Bertz CT molecular complexity index is 408. The lowest BCUT2D eigenvalue weighted by Gasteiger charge is -2.07. The van der Waals surface area contributed by atoms with Crippen molar-refractivity contribution in [3.05, 3.63) is 17.7 Å². The Labute approximate surface area is 105 Å². The van der Waals surface area contributed by atoms with E-state index in [4.69, 9.17) is 11.5 Å². The van der Waals surface area contributed by atoms with Crippen LogP contribution in [0.1, 0.15) is 5.56 Å². The molecule has 0 aliphatic heterocycles. The molecule has 0 aliphatic rings. The lowest BCUT2D eigenvalue weighted by molar-refractivity contribution is 0.398. The van der Waals surface area contributed by atoms with Crippen LogP contribution in [-0.4, -0.2) is 22.7 Å². The fraction of sp³-hybridized carbons (Fsp3) is 0.222. The van der Waals surface area contributed by atoms with Crippen LogP contribution in [0, 0.1) is 0 Å². The van der Waals surface area contributed by atoms with E-state index in [0.717, 1.165) is 4.90 Å². The molecular weight excluding hydrogens is 294 g/mol. The van der Waals surface area contributed by atoms with Crippen molar-refractivity contribution in [2.75, 3.05) is 6.54 Å². The van der Waals surface area contributed by atoms with Crippen molar-refractivity contribution in [3.8, 4) is 11.5 Å². The SMILES string of the molecule is NC(N)=NCCc1cc(SBr)cc(O)c1O. The van der Waals surface area contributed by atoms with Crippen LogP contribution in [-0.2, 0) is 6.42 Å². The summed E-state index contributed by atoms with van der Waals surface area (Å²) >= 11 is 3.20. The number of guanidine groups is 1. The summed E-state index contributed by atoms with van der Waals surface area (Å²) in [4.78, 5) is 4.61. The highest BCUT2D eigenvalue weighted by Gasteiger charge is 2.08. The zero-order valence-electron chi connectivity index (χ0n) is 8.35. The summed E-state index contributed by atoms with van der Waals surface area (Å²) in [6.45, 7) is 0.367. The molecule has 6 N–H and O–H groups in total. The van der Waals surface area contributed by atoms with Crippen LogP contribution in [0.5, 0.6) is 11.5 Å². The largest absolute Gasteiger partial charge is 0.504 e. The molecule has 0 saturated heterocycles. The number of nitrogens with two attached hydrogens (primary N) is 2. The normalized spacial score (nSPS) is 10.1. The third-order valence-corrected chi connectivity index (χ3v) is 3.44. The van der Waals surface area contributed by atoms with Crippen molar-refractivity contribution in [1.29, 1.82) is 0 Å². The molecule has 0 unspecified atom stereocenters. The molecule has 0 spiro atoms. The molecule has 1 aromatic rings. The van der Waals surface area contributed by atoms with Crippen molar-refractivity contribution in [3.63, 3.8) is 0 Å². The van der Waals surface area contributed by atoms with Gasteiger partial charge in [0.1, 0.15) is 0 Å². The minimum atomic E-state index is -0.149. The smallest absolute Gasteiger partial charge is 0.185 e. The fourth-order valence-electron chi connectivity index (χ4n) is 1.19. The van der Waals surface area contributed by atoms with E-state index in [0.29, 0.717) is 18.5 Å². The van der Waals surface area contributed by atoms with Gasteiger partial charge in [-0.3, -0.25) is 4.99 Å². The molecular formula is C9H12BrN3O2S. The summed E-state index contributed by atoms with van der Waals surface area (Å²) in [6.07, 6.45) is 0.457. The number of hydrogen-bond acceptors (Lipinski definition) is 4. The predicted molar refractivity (Wildman–Crippen MR) is 68.9 cm³/mol. The average molecular weight is 306 g/mol. The van der Waals surface area contributed by atoms with Gasteiger partial charge < -0.3 is 21.7 Å². The standard InChI is InChI=1S/C9H12BrN3O2S/c10-16-6-3-5(1-2-13-9(11)12)8(15)7(14)4-6/h3-4,14-15H,1-2H2,(H4,11,12,13). The van der Waals surface area contributed by atoms with E-state index >= 15 is 0 Å². The quantitative estimate of drug-likeness (QED) is 0.381. The van der Waals surface area contributed by atoms with E-state index in [9.17, 15) is 10.2 Å². The number of phenolic OH excluding ortho intramolecular Hbond substituents is 2. The van der Waals surface area contributed by atoms with E-state index in [-0.39, 0.29) is 17.5 Å². The van der Waals surface area contributed by atoms with Crippen molar-refractivity contribution >= 4 is 31.0 Å². The summed E-state index contributed by atoms with van der Waals surface area (Å²) in [5.41, 5.74) is 11.0. The van der Waals surface area contributed by atoms with Crippen LogP contribution in [0.15, 0.2) is 22.0 Å². The van der Waals surface area contributed by atoms with Gasteiger partial charge in [-0.05, 0) is 43.6 Å². The second-order valence-electron chi connectivity index (χ2n) is 3.08. The van der Waals surface area contributed by atoms with Crippen LogP contribution >= 0.6 is 25.0 Å². The lowest BCUT2D eigenvalue weighted by Crippen LogP contribution is -2.23. The van der Waals surface area contributed by atoms with Crippen LogP contribution < -0.4 is 11.5 Å². The van der Waals surface area contributed by atoms with Crippen LogP contribution in [0.25, 0.3) is 0 Å². The second-order valence-corrected chi connectivity index (χ2v) is 4.68. The van der Waals surface area contributed by atoms with Crippen molar-refractivity contribution in [2.45, 2.75) is 11.3 Å². The molecule has 88 valence electrons. The summed E-state index contributed by atoms with van der Waals surface area (Å²) < 4.78 is 0. The molecule has 0 aliphatic carbocycles. The van der Waals surface area contributed by atoms with E-state index in [1.165, 1.54) is 16.3 Å². The molecule has 5 nitrogen and oxygen atoms in total. The zero-order chi connectivity index (χ0) is 12.1. The highest BCUT2D eigenvalue weighted by molar-refractivity contribution is 9.50. The fourth-order valence-corrected chi connectivity index (χ4v) is 2.09. The Morgan fingerprint density at radius 2 is 2.06 bits per heavy atom. The molecule has 1 aromatic carbocycles. The van der Waals surface area contributed by atoms with E-state index in [1.807, 2.05) is 0 Å². The predicted octanol–water partition coefficient (Wildman–Crippen LogP) is 1.32. The zero-order valence-corrected chi connectivity index (χ0v) is 10.8. The van der Waals surface area contributed by atoms with Crippen molar-refractivity contribution in [2.24, 2.45) is 16.5 Å². The monoisotopic (exact) mass is 305 g/mol. The first kappa shape index (κ1) is 13.0. The molecule has 0 saturated carbocycles. The Balaban J connectivity index is 2.86. The van der Waals surface area contributed by atoms with Crippen LogP contribution in [0.2, 0.25) is 0 Å². The van der Waals surface area contributed by atoms with E-state index < -0.39 is 0 Å². The van der Waals surface area contributed by atoms with Crippen molar-refractivity contribution < 1.29 is 10.2 Å². The summed E-state index contributed by atoms with van der Waals surface area (Å²) in [6, 6.07) is 3.23. The second kappa shape index (κ2) is 5.86. The van der Waals surface area contributed by atoms with Crippen molar-refractivity contribution in [1.82, 2.24) is 0 Å². The van der Waals surface area contributed by atoms with E-state index in [2.05, 4.69) is 19.8 Å². The third-order valence-electron chi connectivity index (χ3n) is 1.91. The maximum absolute atomic E-state index is 9.60. The number of halogens is 1. The molecule has 0 heterocycles. The van der Waals surface area contributed by atoms with Gasteiger partial charge in [-0.25, -0.2) is 0 Å². The maximum Gasteiger partial charge on any atom is 0.185 e. The highest BCUT2D eigenvalue weighted by atomic mass is 79.9. The number of benzene rings is 1. The minimum absolute atomic E-state index is 0.00901. The number of rotatable bonds is 4. The van der Waals surface area contributed by atoms with Crippen LogP contribution in [0.4, 0.5) is 0 Å². The van der Waals surface area contributed by atoms with Gasteiger partial charge in [-0.2, -0.15) is 0 Å². The van der Waals surface area contributed by atoms with Gasteiger partial charge in [0.25, 0.3) is 0 Å². The first-order valence-corrected chi connectivity index (χ1v) is 7.09. The lowest BCUT2D eigenvalue weighted by atomic mass is 10.1. The number of nitrogens with zero attached hydrogens (tertiary/aromatic N) is 1. The first-order valence-electron chi connectivity index (χ1n) is 4.43. The van der Waals surface area contributed by atoms with Gasteiger partial charge in [-0.1, -0.05) is 0 Å². The van der Waals surface area contributed by atoms with Crippen LogP contribution in [0.3, 0.4) is 0 Å². The number of aromatic hydroxyl groups is 2. The summed E-state index contributed by atoms with van der Waals surface area (Å²) in [5.74, 6) is -0.269. The Hall–Kier alpha value is -1.08. The van der Waals surface area contributed by atoms with Gasteiger partial charge in [0.2, 0.25) is 0 Å². The molecule has 7 heteroatoms. The Kier molecular flexibility index (Phi) is 4.75. The first-order chi connectivity index (χ1) is 7.54. The van der Waals surface area contributed by atoms with Gasteiger partial charge in [-0.15, -0.1) is 0 Å². The molecule has 16 heavy (non-hydrogen) atoms. The van der Waals surface area contributed by atoms with Gasteiger partial charge in [0, 0.05) is 17.0 Å². The molecule has 0 aromatic heterocycles. The maximum atomic E-state index is 9.60. The number of hydrogen-bond donors (Lipinski definition) is 4. The number of phenols is 2. The highest BCUT2D eigenvalue weighted by Crippen LogP contribution is 2.36. The molecule has 0 bridgehead atoms. The summed E-state index contributed by atoms with van der Waals surface area (Å²) in [5, 5.41) is 19.0. The van der Waals surface area contributed by atoms with Gasteiger partial charge >= 0.3 is 0 Å². The van der Waals surface area contributed by atoms with Gasteiger partial charge in [0.15, 0.2) is 17.5 Å². The van der Waals surface area contributed by atoms with E-state index in [1.54, 1.807) is 6.07 Å². The molecule has 0 fully saturated rings. The topological polar surface area (TPSA) is 105 Å². The summed E-state index contributed by atoms with van der Waals surface area (Å²) in [7, 11) is 1.30. The third kappa shape index (κ3) is 3.49. The molecule has 0 amide bonds. The van der Waals surface area contributed by atoms with Gasteiger partial charge in [0.05, 0.1) is 0 Å². The minimum Gasteiger partial charge on any atom is -0.504 e. The molecule has 0 radical (unpaired) electrons. The number of aliphatic imine (C=N–C) groups is 1. The molecule has 0 atom stereocenters.